The molecule has 0 radical (unpaired) electrons. The van der Waals surface area contributed by atoms with Gasteiger partial charge in [0.05, 0.1) is 5.52 Å². The summed E-state index contributed by atoms with van der Waals surface area (Å²) in [6.07, 6.45) is 3.42. The maximum atomic E-state index is 12.7. The van der Waals surface area contributed by atoms with Crippen molar-refractivity contribution in [3.63, 3.8) is 0 Å². The lowest BCUT2D eigenvalue weighted by Crippen LogP contribution is -2.11. The first-order chi connectivity index (χ1) is 11.6. The van der Waals surface area contributed by atoms with E-state index in [-0.39, 0.29) is 11.5 Å². The van der Waals surface area contributed by atoms with Gasteiger partial charge in [0.15, 0.2) is 0 Å². The molecular weight excluding hydrogens is 306 g/mol. The summed E-state index contributed by atoms with van der Waals surface area (Å²) in [4.78, 5) is 32.4. The Bertz CT molecular complexity index is 943. The first kappa shape index (κ1) is 15.6. The number of fused-ring (bicyclic) bond motifs is 1. The van der Waals surface area contributed by atoms with E-state index in [2.05, 4.69) is 15.0 Å². The molecule has 6 heteroatoms. The van der Waals surface area contributed by atoms with Gasteiger partial charge in [0, 0.05) is 30.3 Å². The minimum absolute atomic E-state index is 0.106. The van der Waals surface area contributed by atoms with Gasteiger partial charge in [-0.2, -0.15) is 0 Å². The van der Waals surface area contributed by atoms with Gasteiger partial charge in [0.25, 0.3) is 0 Å². The van der Waals surface area contributed by atoms with Crippen LogP contribution < -0.4 is 0 Å². The molecule has 120 valence electrons. The molecule has 2 aromatic heterocycles. The lowest BCUT2D eigenvalue weighted by Gasteiger charge is -2.02. The third kappa shape index (κ3) is 2.94. The molecule has 0 saturated heterocycles. The summed E-state index contributed by atoms with van der Waals surface area (Å²) in [5.74, 6) is -0.164. The predicted octanol–water partition coefficient (Wildman–Crippen LogP) is 3.15. The van der Waals surface area contributed by atoms with Gasteiger partial charge in [-0.15, -0.1) is 0 Å². The number of rotatable bonds is 4. The van der Waals surface area contributed by atoms with E-state index in [9.17, 15) is 9.59 Å². The molecule has 6 nitrogen and oxygen atoms in total. The SMILES string of the molecule is CC(=O)O/N=C(\C)C(=O)c1cn(-c2ccccn2)c2ccccc12. The van der Waals surface area contributed by atoms with Gasteiger partial charge >= 0.3 is 5.97 Å². The summed E-state index contributed by atoms with van der Waals surface area (Å²) in [5.41, 5.74) is 1.44. The largest absolute Gasteiger partial charge is 0.331 e. The fourth-order valence-corrected chi connectivity index (χ4v) is 2.42. The monoisotopic (exact) mass is 321 g/mol. The Hall–Kier alpha value is -3.28. The number of carbonyl (C=O) groups excluding carboxylic acids is 2. The van der Waals surface area contributed by atoms with Gasteiger partial charge in [-0.3, -0.25) is 4.79 Å². The quantitative estimate of drug-likeness (QED) is 0.320. The van der Waals surface area contributed by atoms with Crippen molar-refractivity contribution < 1.29 is 14.4 Å². The summed E-state index contributed by atoms with van der Waals surface area (Å²) in [5, 5.41) is 4.36. The number of aromatic nitrogens is 2. The third-order valence-corrected chi connectivity index (χ3v) is 3.49. The molecule has 0 aliphatic rings. The fourth-order valence-electron chi connectivity index (χ4n) is 2.42. The standard InChI is InChI=1S/C18H15N3O3/c1-12(20-24-13(2)22)18(23)15-11-21(17-9-5-6-10-19-17)16-8-4-3-7-14(15)16/h3-11H,1-2H3/b20-12+. The van der Waals surface area contributed by atoms with Crippen LogP contribution in [0.15, 0.2) is 60.0 Å². The number of hydrogen-bond donors (Lipinski definition) is 0. The van der Waals surface area contributed by atoms with E-state index in [0.717, 1.165) is 10.9 Å². The number of nitrogens with zero attached hydrogens (tertiary/aromatic N) is 3. The van der Waals surface area contributed by atoms with E-state index in [1.165, 1.54) is 13.8 Å². The Labute approximate surface area is 138 Å². The average molecular weight is 321 g/mol. The number of carbonyl (C=O) groups is 2. The smallest absolute Gasteiger partial charge is 0.318 e. The van der Waals surface area contributed by atoms with Gasteiger partial charge in [-0.25, -0.2) is 9.78 Å². The van der Waals surface area contributed by atoms with Crippen LogP contribution in [0, 0.1) is 0 Å². The van der Waals surface area contributed by atoms with Crippen molar-refractivity contribution in [2.75, 3.05) is 0 Å². The van der Waals surface area contributed by atoms with Crippen molar-refractivity contribution in [1.82, 2.24) is 9.55 Å². The first-order valence-corrected chi connectivity index (χ1v) is 7.36. The molecule has 3 rings (SSSR count). The van der Waals surface area contributed by atoms with E-state index in [1.54, 1.807) is 12.4 Å². The van der Waals surface area contributed by atoms with Gasteiger partial charge in [0.2, 0.25) is 5.78 Å². The zero-order chi connectivity index (χ0) is 17.1. The minimum Gasteiger partial charge on any atom is -0.318 e. The lowest BCUT2D eigenvalue weighted by molar-refractivity contribution is -0.140. The van der Waals surface area contributed by atoms with Crippen LogP contribution in [-0.2, 0) is 9.63 Å². The Morgan fingerprint density at radius 2 is 1.83 bits per heavy atom. The molecule has 3 aromatic rings. The Balaban J connectivity index is 2.11. The van der Waals surface area contributed by atoms with Crippen molar-refractivity contribution in [2.24, 2.45) is 5.16 Å². The van der Waals surface area contributed by atoms with Crippen LogP contribution in [0.2, 0.25) is 0 Å². The first-order valence-electron chi connectivity index (χ1n) is 7.36. The van der Waals surface area contributed by atoms with Gasteiger partial charge in [-0.1, -0.05) is 29.4 Å². The van der Waals surface area contributed by atoms with Crippen molar-refractivity contribution in [2.45, 2.75) is 13.8 Å². The second-order valence-electron chi connectivity index (χ2n) is 5.21. The van der Waals surface area contributed by atoms with Crippen LogP contribution in [0.5, 0.6) is 0 Å². The fraction of sp³-hybridized carbons (Fsp3) is 0.111. The second kappa shape index (κ2) is 6.45. The molecule has 0 N–H and O–H groups in total. The summed E-state index contributed by atoms with van der Waals surface area (Å²) >= 11 is 0. The van der Waals surface area contributed by atoms with E-state index in [4.69, 9.17) is 0 Å². The van der Waals surface area contributed by atoms with E-state index in [1.807, 2.05) is 47.0 Å². The number of oxime groups is 1. The van der Waals surface area contributed by atoms with Crippen molar-refractivity contribution in [3.05, 3.63) is 60.4 Å². The summed E-state index contributed by atoms with van der Waals surface area (Å²) in [6, 6.07) is 13.1. The van der Waals surface area contributed by atoms with Crippen LogP contribution in [0.3, 0.4) is 0 Å². The van der Waals surface area contributed by atoms with Crippen molar-refractivity contribution >= 4 is 28.4 Å². The maximum absolute atomic E-state index is 12.7. The van der Waals surface area contributed by atoms with Crippen LogP contribution in [-0.4, -0.2) is 27.0 Å². The van der Waals surface area contributed by atoms with E-state index >= 15 is 0 Å². The molecule has 0 unspecified atom stereocenters. The average Bonchev–Trinajstić information content (AvgIpc) is 2.99. The zero-order valence-corrected chi connectivity index (χ0v) is 13.3. The molecular formula is C18H15N3O3. The topological polar surface area (TPSA) is 73.5 Å². The highest BCUT2D eigenvalue weighted by Gasteiger charge is 2.18. The van der Waals surface area contributed by atoms with Gasteiger partial charge in [-0.05, 0) is 25.1 Å². The normalized spacial score (nSPS) is 11.5. The molecule has 0 bridgehead atoms. The third-order valence-electron chi connectivity index (χ3n) is 3.49. The second-order valence-corrected chi connectivity index (χ2v) is 5.21. The number of benzene rings is 1. The zero-order valence-electron chi connectivity index (χ0n) is 13.3. The van der Waals surface area contributed by atoms with Crippen LogP contribution in [0.25, 0.3) is 16.7 Å². The summed E-state index contributed by atoms with van der Waals surface area (Å²) < 4.78 is 1.85. The van der Waals surface area contributed by atoms with Crippen molar-refractivity contribution in [1.29, 1.82) is 0 Å². The van der Waals surface area contributed by atoms with E-state index in [0.29, 0.717) is 11.4 Å². The van der Waals surface area contributed by atoms with Crippen LogP contribution >= 0.6 is 0 Å². The highest BCUT2D eigenvalue weighted by molar-refractivity contribution is 6.47. The Kier molecular flexibility index (Phi) is 4.20. The number of hydrogen-bond acceptors (Lipinski definition) is 5. The summed E-state index contributed by atoms with van der Waals surface area (Å²) in [6.45, 7) is 2.74. The van der Waals surface area contributed by atoms with Gasteiger partial charge < -0.3 is 9.40 Å². The highest BCUT2D eigenvalue weighted by Crippen LogP contribution is 2.24. The number of pyridine rings is 1. The maximum Gasteiger partial charge on any atom is 0.331 e. The number of Topliss-reactive ketones (excluding diaryl/α,β-unsaturated/α-hetero) is 1. The molecule has 24 heavy (non-hydrogen) atoms. The van der Waals surface area contributed by atoms with Gasteiger partial charge in [0.1, 0.15) is 11.5 Å². The van der Waals surface area contributed by atoms with Crippen LogP contribution in [0.4, 0.5) is 0 Å². The molecule has 0 amide bonds. The predicted molar refractivity (Wildman–Crippen MR) is 90.3 cm³/mol. The molecule has 0 atom stereocenters. The Morgan fingerprint density at radius 1 is 1.08 bits per heavy atom. The number of ketones is 1. The lowest BCUT2D eigenvalue weighted by atomic mass is 10.1. The Morgan fingerprint density at radius 3 is 2.54 bits per heavy atom. The highest BCUT2D eigenvalue weighted by atomic mass is 16.7. The van der Waals surface area contributed by atoms with Crippen molar-refractivity contribution in [3.8, 4) is 5.82 Å². The molecule has 0 saturated carbocycles. The molecule has 0 fully saturated rings. The van der Waals surface area contributed by atoms with E-state index < -0.39 is 5.97 Å². The minimum atomic E-state index is -0.571. The molecule has 1 aromatic carbocycles. The van der Waals surface area contributed by atoms with Crippen LogP contribution in [0.1, 0.15) is 24.2 Å². The molecule has 2 heterocycles. The molecule has 0 aliphatic carbocycles. The molecule has 0 spiro atoms. The number of para-hydroxylation sites is 1. The summed E-state index contributed by atoms with van der Waals surface area (Å²) in [7, 11) is 0. The molecule has 0 aliphatic heterocycles.